The van der Waals surface area contributed by atoms with Crippen molar-refractivity contribution in [3.63, 3.8) is 0 Å². The predicted octanol–water partition coefficient (Wildman–Crippen LogP) is 4.43. The molecular weight excluding hydrogens is 253 g/mol. The Morgan fingerprint density at radius 3 is 2.71 bits per heavy atom. The van der Waals surface area contributed by atoms with Crippen LogP contribution in [0.4, 0.5) is 0 Å². The van der Waals surface area contributed by atoms with Crippen molar-refractivity contribution in [2.24, 2.45) is 5.92 Å². The topological polar surface area (TPSA) is 12.5 Å². The summed E-state index contributed by atoms with van der Waals surface area (Å²) in [5, 5.41) is 0. The van der Waals surface area contributed by atoms with Crippen LogP contribution in [0, 0.1) is 5.92 Å². The van der Waals surface area contributed by atoms with Crippen molar-refractivity contribution in [3.05, 3.63) is 0 Å². The zero-order valence-corrected chi connectivity index (χ0v) is 11.9. The molecule has 4 fully saturated rings. The summed E-state index contributed by atoms with van der Waals surface area (Å²) in [6, 6.07) is 1.43. The van der Waals surface area contributed by atoms with Gasteiger partial charge in [0.05, 0.1) is 5.60 Å². The summed E-state index contributed by atoms with van der Waals surface area (Å²) in [5.41, 5.74) is 0.171. The molecule has 2 saturated heterocycles. The molecule has 0 aromatic heterocycles. The lowest BCUT2D eigenvalue weighted by Crippen LogP contribution is -2.41. The second kappa shape index (κ2) is 4.07. The van der Waals surface area contributed by atoms with Gasteiger partial charge in [-0.2, -0.15) is 0 Å². The number of halogens is 1. The van der Waals surface area contributed by atoms with Crippen LogP contribution in [0.5, 0.6) is 0 Å². The van der Waals surface area contributed by atoms with Crippen LogP contribution in [0.15, 0.2) is 0 Å². The molecule has 0 radical (unpaired) electrons. The molecule has 0 amide bonds. The number of fused-ring (bicyclic) bond motifs is 4. The maximum absolute atomic E-state index is 6.57. The predicted molar refractivity (Wildman–Crippen MR) is 71.0 cm³/mol. The number of hydrogen-bond donors (Lipinski definition) is 0. The molecule has 4 heteroatoms. The van der Waals surface area contributed by atoms with Gasteiger partial charge in [-0.25, -0.2) is 4.67 Å². The lowest BCUT2D eigenvalue weighted by molar-refractivity contribution is 0.0754. The molecule has 2 saturated carbocycles. The summed E-state index contributed by atoms with van der Waals surface area (Å²) in [4.78, 5) is 0. The zero-order valence-electron chi connectivity index (χ0n) is 10.3. The quantitative estimate of drug-likeness (QED) is 0.606. The minimum absolute atomic E-state index is 0.171. The van der Waals surface area contributed by atoms with Crippen LogP contribution < -0.4 is 0 Å². The Labute approximate surface area is 110 Å². The van der Waals surface area contributed by atoms with E-state index in [1.165, 1.54) is 57.8 Å². The summed E-state index contributed by atoms with van der Waals surface area (Å²) >= 11 is 6.57. The van der Waals surface area contributed by atoms with Crippen LogP contribution in [0.2, 0.25) is 0 Å². The van der Waals surface area contributed by atoms with Gasteiger partial charge in [-0.05, 0) is 49.3 Å². The first-order valence-electron chi connectivity index (χ1n) is 7.23. The van der Waals surface area contributed by atoms with Gasteiger partial charge in [0.2, 0.25) is 7.65 Å². The third-order valence-electron chi connectivity index (χ3n) is 5.55. The van der Waals surface area contributed by atoms with E-state index >= 15 is 0 Å². The highest BCUT2D eigenvalue weighted by molar-refractivity contribution is 7.78. The Morgan fingerprint density at radius 1 is 1.12 bits per heavy atom. The highest BCUT2D eigenvalue weighted by Crippen LogP contribution is 2.69. The van der Waals surface area contributed by atoms with Crippen molar-refractivity contribution in [1.82, 2.24) is 4.67 Å². The Hall–Kier alpha value is 0.640. The summed E-state index contributed by atoms with van der Waals surface area (Å²) < 4.78 is 8.90. The maximum atomic E-state index is 6.57. The molecule has 2 aliphatic heterocycles. The molecule has 2 nitrogen and oxygen atoms in total. The van der Waals surface area contributed by atoms with E-state index in [-0.39, 0.29) is 5.60 Å². The standard InChI is InChI=1S/C13H21ClNOP/c14-17-15-11-6-2-1-5-10(11)9-12(15)13(16-17)7-3-4-8-13/h10-12H,1-9H2/t10-,11-,12-,17?/m0/s1. The highest BCUT2D eigenvalue weighted by Gasteiger charge is 2.61. The molecule has 4 aliphatic rings. The number of hydrogen-bond acceptors (Lipinski definition) is 2. The van der Waals surface area contributed by atoms with E-state index in [9.17, 15) is 0 Å². The molecule has 2 heterocycles. The molecule has 4 rings (SSSR count). The first-order chi connectivity index (χ1) is 8.30. The van der Waals surface area contributed by atoms with Crippen molar-refractivity contribution in [1.29, 1.82) is 0 Å². The molecule has 96 valence electrons. The third-order valence-corrected chi connectivity index (χ3v) is 7.73. The molecule has 0 aromatic carbocycles. The minimum Gasteiger partial charge on any atom is -0.323 e. The lowest BCUT2D eigenvalue weighted by Gasteiger charge is -2.31. The fourth-order valence-corrected chi connectivity index (χ4v) is 7.60. The molecule has 17 heavy (non-hydrogen) atoms. The third kappa shape index (κ3) is 1.57. The first kappa shape index (κ1) is 11.5. The average molecular weight is 274 g/mol. The van der Waals surface area contributed by atoms with Gasteiger partial charge in [-0.15, -0.1) is 0 Å². The van der Waals surface area contributed by atoms with Gasteiger partial charge in [0.1, 0.15) is 0 Å². The van der Waals surface area contributed by atoms with Gasteiger partial charge in [0.25, 0.3) is 0 Å². The van der Waals surface area contributed by atoms with Crippen LogP contribution in [-0.4, -0.2) is 22.4 Å². The molecular formula is C13H21ClNOP. The number of nitrogens with zero attached hydrogens (tertiary/aromatic N) is 1. The molecule has 1 spiro atoms. The smallest absolute Gasteiger partial charge is 0.208 e. The Balaban J connectivity index is 1.65. The summed E-state index contributed by atoms with van der Waals surface area (Å²) in [6.07, 6.45) is 12.2. The van der Waals surface area contributed by atoms with E-state index in [4.69, 9.17) is 15.8 Å². The Morgan fingerprint density at radius 2 is 1.88 bits per heavy atom. The largest absolute Gasteiger partial charge is 0.323 e. The van der Waals surface area contributed by atoms with E-state index in [1.807, 2.05) is 0 Å². The molecule has 0 N–H and O–H groups in total. The van der Waals surface area contributed by atoms with Crippen molar-refractivity contribution >= 4 is 18.9 Å². The molecule has 0 aromatic rings. The average Bonchev–Trinajstić information content (AvgIpc) is 2.97. The van der Waals surface area contributed by atoms with E-state index in [0.717, 1.165) is 12.0 Å². The summed E-state index contributed by atoms with van der Waals surface area (Å²) in [7, 11) is -0.803. The SMILES string of the molecule is ClP1OC2(CCCC2)[C@@H]2C[C@@H]3CCCC[C@@H]3N21. The van der Waals surface area contributed by atoms with Gasteiger partial charge in [0.15, 0.2) is 0 Å². The Bertz CT molecular complexity index is 321. The van der Waals surface area contributed by atoms with Crippen LogP contribution in [0.3, 0.4) is 0 Å². The first-order valence-corrected chi connectivity index (χ1v) is 9.35. The number of rotatable bonds is 0. The summed E-state index contributed by atoms with van der Waals surface area (Å²) in [6.45, 7) is 0. The van der Waals surface area contributed by atoms with Crippen molar-refractivity contribution in [2.75, 3.05) is 0 Å². The fraction of sp³-hybridized carbons (Fsp3) is 1.00. The highest BCUT2D eigenvalue weighted by atomic mass is 35.7. The van der Waals surface area contributed by atoms with Gasteiger partial charge in [-0.3, -0.25) is 0 Å². The Kier molecular flexibility index (Phi) is 2.74. The fourth-order valence-electron chi connectivity index (χ4n) is 4.78. The van der Waals surface area contributed by atoms with Crippen molar-refractivity contribution < 1.29 is 4.52 Å². The summed E-state index contributed by atoms with van der Waals surface area (Å²) in [5.74, 6) is 0.930. The molecule has 2 aliphatic carbocycles. The van der Waals surface area contributed by atoms with E-state index in [2.05, 4.69) is 4.67 Å². The molecule has 1 unspecified atom stereocenters. The molecule has 0 bridgehead atoms. The molecule has 4 atom stereocenters. The van der Waals surface area contributed by atoms with E-state index < -0.39 is 7.65 Å². The normalized spacial score (nSPS) is 48.5. The minimum atomic E-state index is -0.803. The lowest BCUT2D eigenvalue weighted by atomic mass is 9.82. The van der Waals surface area contributed by atoms with Crippen LogP contribution in [-0.2, 0) is 4.52 Å². The van der Waals surface area contributed by atoms with E-state index in [1.54, 1.807) is 0 Å². The monoisotopic (exact) mass is 273 g/mol. The second-order valence-corrected chi connectivity index (χ2v) is 8.30. The van der Waals surface area contributed by atoms with Gasteiger partial charge in [-0.1, -0.05) is 25.7 Å². The van der Waals surface area contributed by atoms with Gasteiger partial charge < -0.3 is 4.52 Å². The van der Waals surface area contributed by atoms with Crippen molar-refractivity contribution in [2.45, 2.75) is 75.5 Å². The second-order valence-electron chi connectivity index (χ2n) is 6.33. The van der Waals surface area contributed by atoms with Gasteiger partial charge in [0, 0.05) is 12.1 Å². The van der Waals surface area contributed by atoms with Gasteiger partial charge >= 0.3 is 0 Å². The van der Waals surface area contributed by atoms with E-state index in [0.29, 0.717) is 6.04 Å². The van der Waals surface area contributed by atoms with Crippen LogP contribution in [0.25, 0.3) is 0 Å². The maximum Gasteiger partial charge on any atom is 0.208 e. The van der Waals surface area contributed by atoms with Crippen molar-refractivity contribution in [3.8, 4) is 0 Å². The van der Waals surface area contributed by atoms with Crippen LogP contribution >= 0.6 is 18.9 Å². The van der Waals surface area contributed by atoms with Crippen LogP contribution in [0.1, 0.15) is 57.8 Å². The zero-order chi connectivity index (χ0) is 11.5.